The van der Waals surface area contributed by atoms with Gasteiger partial charge in [0.1, 0.15) is 23.6 Å². The van der Waals surface area contributed by atoms with Crippen molar-refractivity contribution in [3.8, 4) is 11.5 Å². The Hall–Kier alpha value is -8.96. The number of carbonyl (C=O) groups excluding carboxylic acids is 2. The van der Waals surface area contributed by atoms with Crippen LogP contribution in [-0.2, 0) is 81.2 Å². The lowest BCUT2D eigenvalue weighted by molar-refractivity contribution is -0.192. The molecule has 33 nitrogen and oxygen atoms in total. The van der Waals surface area contributed by atoms with E-state index in [9.17, 15) is 79.2 Å². The van der Waals surface area contributed by atoms with Crippen LogP contribution in [0.3, 0.4) is 0 Å². The minimum atomic E-state index is -5.08. The third kappa shape index (κ3) is 28.9. The number of guanidine groups is 2. The lowest BCUT2D eigenvalue weighted by Gasteiger charge is -2.27. The number of hydrogen-bond donors (Lipinski definition) is 11. The van der Waals surface area contributed by atoms with Crippen molar-refractivity contribution in [2.24, 2.45) is 32.9 Å². The number of carboxylic acid groups (broad SMARTS) is 5. The molecule has 4 aromatic rings. The Kier molecular flexibility index (Phi) is 31.6. The van der Waals surface area contributed by atoms with Crippen molar-refractivity contribution in [2.75, 3.05) is 79.2 Å². The van der Waals surface area contributed by atoms with Crippen molar-refractivity contribution in [1.29, 1.82) is 0 Å². The molecular weight excluding hydrogens is 1250 g/mol. The predicted molar refractivity (Wildman–Crippen MR) is 307 cm³/mol. The van der Waals surface area contributed by atoms with Crippen LogP contribution in [0.4, 0.5) is 24.5 Å². The van der Waals surface area contributed by atoms with Gasteiger partial charge in [0.2, 0.25) is 0 Å². The normalized spacial score (nSPS) is 12.2. The van der Waals surface area contributed by atoms with Crippen molar-refractivity contribution in [2.45, 2.75) is 44.2 Å². The third-order valence-electron chi connectivity index (χ3n) is 11.2. The van der Waals surface area contributed by atoms with Crippen LogP contribution < -0.4 is 41.9 Å². The molecule has 494 valence electrons. The van der Waals surface area contributed by atoms with Crippen molar-refractivity contribution in [1.82, 2.24) is 18.1 Å². The van der Waals surface area contributed by atoms with Gasteiger partial charge in [-0.1, -0.05) is 24.3 Å². The fraction of sp³-hybridized carbons (Fsp3) is 0.365. The van der Waals surface area contributed by atoms with Gasteiger partial charge < -0.3 is 81.6 Å². The molecule has 0 amide bonds. The van der Waals surface area contributed by atoms with Crippen LogP contribution in [0.5, 0.6) is 11.5 Å². The Balaban J connectivity index is 0.00000284. The zero-order valence-corrected chi connectivity index (χ0v) is 49.0. The van der Waals surface area contributed by atoms with E-state index < -0.39 is 106 Å². The number of nitrogens with zero attached hydrogens (tertiary/aromatic N) is 4. The van der Waals surface area contributed by atoms with Gasteiger partial charge in [-0.25, -0.2) is 24.4 Å². The zero-order chi connectivity index (χ0) is 67.0. The molecule has 38 heteroatoms. The minimum Gasteiger partial charge on any atom is -0.481 e. The number of ether oxygens (including phenoxy) is 7. The monoisotopic (exact) mass is 1320 g/mol. The molecule has 0 aromatic heterocycles. The van der Waals surface area contributed by atoms with Gasteiger partial charge in [0.15, 0.2) is 11.9 Å². The highest BCUT2D eigenvalue weighted by atomic mass is 32.2. The van der Waals surface area contributed by atoms with Crippen molar-refractivity contribution in [3.05, 3.63) is 119 Å². The second-order valence-corrected chi connectivity index (χ2v) is 21.3. The average molecular weight is 1320 g/mol. The average Bonchev–Trinajstić information content (AvgIpc) is 1.11. The highest BCUT2D eigenvalue weighted by Crippen LogP contribution is 2.21. The highest BCUT2D eigenvalue weighted by molar-refractivity contribution is 7.87. The summed E-state index contributed by atoms with van der Waals surface area (Å²) in [7, 11) is -9.26. The number of nitrogens with one attached hydrogen (secondary N) is 2. The van der Waals surface area contributed by atoms with Crippen LogP contribution in [0, 0.1) is 0 Å². The van der Waals surface area contributed by atoms with Crippen LogP contribution in [0.2, 0.25) is 0 Å². The fourth-order valence-corrected chi connectivity index (χ4v) is 9.63. The number of aliphatic carboxylic acids is 5. The van der Waals surface area contributed by atoms with Gasteiger partial charge in [-0.15, -0.1) is 0 Å². The first-order chi connectivity index (χ1) is 42.4. The number of carbonyl (C=O) groups is 7. The quantitative estimate of drug-likeness (QED) is 0.00948. The fourth-order valence-electron chi connectivity index (χ4n) is 6.97. The molecule has 0 aliphatic rings. The van der Waals surface area contributed by atoms with Gasteiger partial charge in [0.05, 0.1) is 101 Å². The largest absolute Gasteiger partial charge is 0.490 e. The van der Waals surface area contributed by atoms with Crippen LogP contribution in [-0.4, -0.2) is 202 Å². The topological polar surface area (TPSA) is 513 Å². The summed E-state index contributed by atoms with van der Waals surface area (Å²) in [5.41, 5.74) is 23.4. The van der Waals surface area contributed by atoms with Gasteiger partial charge in [-0.2, -0.15) is 48.1 Å². The maximum absolute atomic E-state index is 13.4. The molecule has 2 atom stereocenters. The van der Waals surface area contributed by atoms with Crippen molar-refractivity contribution in [3.63, 3.8) is 0 Å². The zero-order valence-electron chi connectivity index (χ0n) is 47.3. The Labute approximate surface area is 511 Å². The molecule has 0 saturated heterocycles. The van der Waals surface area contributed by atoms with E-state index in [1.807, 2.05) is 0 Å². The van der Waals surface area contributed by atoms with Crippen molar-refractivity contribution >= 4 is 85.5 Å². The summed E-state index contributed by atoms with van der Waals surface area (Å²) in [5, 5.41) is 45.4. The van der Waals surface area contributed by atoms with E-state index in [4.69, 9.17) is 66.0 Å². The molecule has 4 aromatic carbocycles. The number of hydrogen-bond acceptors (Lipinski definition) is 20. The van der Waals surface area contributed by atoms with Crippen molar-refractivity contribution < 1.29 is 122 Å². The predicted octanol–water partition coefficient (Wildman–Crippen LogP) is 0.480. The summed E-state index contributed by atoms with van der Waals surface area (Å²) in [4.78, 5) is 89.0. The van der Waals surface area contributed by atoms with Gasteiger partial charge in [-0.05, 0) is 83.9 Å². The molecule has 0 aliphatic heterocycles. The highest BCUT2D eigenvalue weighted by Gasteiger charge is 2.39. The Morgan fingerprint density at radius 1 is 0.467 bits per heavy atom. The first-order valence-corrected chi connectivity index (χ1v) is 28.9. The summed E-state index contributed by atoms with van der Waals surface area (Å²) in [6, 6.07) is 19.3. The maximum Gasteiger partial charge on any atom is 0.490 e. The number of rotatable bonds is 40. The lowest BCUT2D eigenvalue weighted by Crippen LogP contribution is -2.51. The molecule has 0 heterocycles. The number of esters is 2. The van der Waals surface area contributed by atoms with Gasteiger partial charge in [0, 0.05) is 26.2 Å². The lowest BCUT2D eigenvalue weighted by atomic mass is 10.2. The summed E-state index contributed by atoms with van der Waals surface area (Å²) >= 11 is 0. The smallest absolute Gasteiger partial charge is 0.481 e. The number of benzene rings is 4. The SMILES string of the molecule is NC(N)=Nc1ccc(C(=O)Oc2ccc(CNS(=O)(=O)N(CCOCCOCCOCCOCCOCCN([C@@H](CC(=O)O)C(=O)O)S(=O)(=O)NCc3ccc(OC(=O)c4ccc(N=C(N)N)cc4)cc3)[C@@H](CC(=O)O)C(=O)O)cc2)cc1.O=C(O)C(F)(F)F. The number of halogens is 3. The number of alkyl halides is 3. The van der Waals surface area contributed by atoms with E-state index >= 15 is 0 Å². The van der Waals surface area contributed by atoms with E-state index in [-0.39, 0.29) is 114 Å². The molecule has 0 bridgehead atoms. The molecule has 0 unspecified atom stereocenters. The Morgan fingerprint density at radius 2 is 0.744 bits per heavy atom. The van der Waals surface area contributed by atoms with Gasteiger partial charge in [-0.3, -0.25) is 19.2 Å². The standard InChI is InChI=1S/C50H64N10O21S2.C2HF3O2/c51-49(52)57-37-9-5-35(6-10-37)47(69)80-39-13-1-33(2-14-39)31-55-82(71,72)59(41(45(65)66)29-43(61)62)17-19-75-21-23-77-25-27-79-28-26-78-24-22-76-20-18-60(42(46(67)68)30-44(63)64)83(73,74)56-32-34-3-15-40(16-4-34)81-48(70)36-7-11-38(12-8-36)58-50(53)54;3-2(4,5)1(6)7/h1-16,41-42,55-56H,17-32H2,(H,61,62)(H,63,64)(H,65,66)(H,67,68)(H4,51,52,57)(H4,53,54,58);(H,6,7)/t41-,42-;/m0./s1. The van der Waals surface area contributed by atoms with Crippen LogP contribution in [0.15, 0.2) is 107 Å². The minimum absolute atomic E-state index is 0.0192. The van der Waals surface area contributed by atoms with E-state index in [1.54, 1.807) is 0 Å². The summed E-state index contributed by atoms with van der Waals surface area (Å²) in [6.45, 7) is -2.10. The molecule has 0 radical (unpaired) electrons. The molecular formula is C52H65F3N10O23S2. The molecule has 0 saturated carbocycles. The number of aliphatic imine (C=N–C) groups is 2. The third-order valence-corrected chi connectivity index (χ3v) is 14.3. The molecule has 0 spiro atoms. The molecule has 90 heavy (non-hydrogen) atoms. The first-order valence-electron chi connectivity index (χ1n) is 26.0. The molecule has 0 aliphatic carbocycles. The van der Waals surface area contributed by atoms with E-state index in [2.05, 4.69) is 19.4 Å². The first kappa shape index (κ1) is 75.3. The summed E-state index contributed by atoms with van der Waals surface area (Å²) in [6.07, 6.45) is -7.19. The van der Waals surface area contributed by atoms with E-state index in [1.165, 1.54) is 97.1 Å². The Bertz CT molecular complexity index is 3080. The van der Waals surface area contributed by atoms with Crippen LogP contribution in [0.25, 0.3) is 0 Å². The molecule has 15 N–H and O–H groups in total. The van der Waals surface area contributed by atoms with Gasteiger partial charge >= 0.3 is 48.0 Å². The van der Waals surface area contributed by atoms with E-state index in [0.717, 1.165) is 0 Å². The van der Waals surface area contributed by atoms with Gasteiger partial charge in [0.25, 0.3) is 20.4 Å². The maximum atomic E-state index is 13.4. The van der Waals surface area contributed by atoms with Crippen LogP contribution >= 0.6 is 0 Å². The Morgan fingerprint density at radius 3 is 0.989 bits per heavy atom. The number of nitrogens with two attached hydrogens (primary N) is 4. The summed E-state index contributed by atoms with van der Waals surface area (Å²) < 4.78 is 129. The molecule has 4 rings (SSSR count). The molecule has 0 fully saturated rings. The summed E-state index contributed by atoms with van der Waals surface area (Å²) in [5.74, 6) is -10.7. The van der Waals surface area contributed by atoms with Crippen LogP contribution in [0.1, 0.15) is 44.7 Å². The number of carboxylic acids is 5. The van der Waals surface area contributed by atoms with E-state index in [0.29, 0.717) is 31.1 Å². The second kappa shape index (κ2) is 37.8. The second-order valence-electron chi connectivity index (χ2n) is 17.9.